The molecular weight excluding hydrogens is 393 g/mol. The predicted molar refractivity (Wildman–Crippen MR) is 109 cm³/mol. The molecule has 1 aromatic carbocycles. The summed E-state index contributed by atoms with van der Waals surface area (Å²) in [6, 6.07) is 4.97. The van der Waals surface area contributed by atoms with Crippen LogP contribution in [0.4, 0.5) is 14.9 Å². The molecule has 4 N–H and O–H groups in total. The molecule has 0 aliphatic carbocycles. The second-order valence-corrected chi connectivity index (χ2v) is 7.47. The Balaban J connectivity index is 1.53. The van der Waals surface area contributed by atoms with Crippen LogP contribution in [0.2, 0.25) is 0 Å². The summed E-state index contributed by atoms with van der Waals surface area (Å²) >= 11 is 0. The molecule has 0 atom stereocenters. The first-order valence-electron chi connectivity index (χ1n) is 10.1. The molecule has 0 radical (unpaired) electrons. The van der Waals surface area contributed by atoms with E-state index in [0.29, 0.717) is 57.4 Å². The fourth-order valence-electron chi connectivity index (χ4n) is 3.77. The Hall–Kier alpha value is -2.88. The third-order valence-corrected chi connectivity index (χ3v) is 5.41. The van der Waals surface area contributed by atoms with Gasteiger partial charge in [-0.15, -0.1) is 4.99 Å². The molecule has 3 rings (SSSR count). The maximum absolute atomic E-state index is 14.9. The van der Waals surface area contributed by atoms with E-state index in [0.717, 1.165) is 12.8 Å². The van der Waals surface area contributed by atoms with E-state index >= 15 is 0 Å². The Morgan fingerprint density at radius 2 is 1.87 bits per heavy atom. The summed E-state index contributed by atoms with van der Waals surface area (Å²) < 4.78 is 25.1. The van der Waals surface area contributed by atoms with Gasteiger partial charge in [0.25, 0.3) is 0 Å². The Morgan fingerprint density at radius 1 is 1.17 bits per heavy atom. The number of piperidine rings is 1. The van der Waals surface area contributed by atoms with Gasteiger partial charge in [-0.25, -0.2) is 9.18 Å². The van der Waals surface area contributed by atoms with Gasteiger partial charge in [0.2, 0.25) is 5.91 Å². The lowest BCUT2D eigenvalue weighted by molar-refractivity contribution is -0.136. The molecule has 30 heavy (non-hydrogen) atoms. The summed E-state index contributed by atoms with van der Waals surface area (Å²) in [5.74, 6) is -0.377. The zero-order chi connectivity index (χ0) is 21.5. The highest BCUT2D eigenvalue weighted by molar-refractivity contribution is 5.87. The minimum atomic E-state index is -0.967. The van der Waals surface area contributed by atoms with Crippen molar-refractivity contribution in [2.45, 2.75) is 25.9 Å². The van der Waals surface area contributed by atoms with Crippen molar-refractivity contribution < 1.29 is 23.5 Å². The van der Waals surface area contributed by atoms with Crippen LogP contribution in [0.1, 0.15) is 24.8 Å². The third-order valence-electron chi connectivity index (χ3n) is 5.41. The molecule has 9 nitrogen and oxygen atoms in total. The number of hydrogen-bond donors (Lipinski definition) is 2. The maximum atomic E-state index is 14.9. The molecule has 2 fully saturated rings. The molecule has 0 saturated carbocycles. The first-order chi connectivity index (χ1) is 14.4. The van der Waals surface area contributed by atoms with Crippen LogP contribution in [0.5, 0.6) is 0 Å². The predicted octanol–water partition coefficient (Wildman–Crippen LogP) is 1.20. The van der Waals surface area contributed by atoms with Crippen LogP contribution >= 0.6 is 0 Å². The van der Waals surface area contributed by atoms with E-state index < -0.39 is 17.9 Å². The monoisotopic (exact) mass is 421 g/mol. The minimum absolute atomic E-state index is 0.174. The molecule has 0 bridgehead atoms. The van der Waals surface area contributed by atoms with E-state index in [9.17, 15) is 14.0 Å². The Kier molecular flexibility index (Phi) is 7.45. The number of morpholine rings is 1. The van der Waals surface area contributed by atoms with Gasteiger partial charge < -0.3 is 30.7 Å². The maximum Gasteiger partial charge on any atom is 0.437 e. The SMILES string of the molecule is NC(N)=NC(=O)OCc1cccc(N2CCC(CC(=O)N3CCOCC3)CC2)c1F. The van der Waals surface area contributed by atoms with Crippen LogP contribution in [0.25, 0.3) is 0 Å². The normalized spacial score (nSPS) is 17.5. The van der Waals surface area contributed by atoms with E-state index in [-0.39, 0.29) is 18.1 Å². The molecule has 2 aliphatic rings. The molecular formula is C20H28FN5O4. The van der Waals surface area contributed by atoms with Crippen molar-refractivity contribution in [1.29, 1.82) is 0 Å². The first kappa shape index (κ1) is 21.8. The topological polar surface area (TPSA) is 123 Å². The smallest absolute Gasteiger partial charge is 0.437 e. The fraction of sp³-hybridized carbons (Fsp3) is 0.550. The molecule has 164 valence electrons. The van der Waals surface area contributed by atoms with E-state index in [1.54, 1.807) is 18.2 Å². The van der Waals surface area contributed by atoms with Gasteiger partial charge >= 0.3 is 6.09 Å². The molecule has 0 unspecified atom stereocenters. The number of carbonyl (C=O) groups excluding carboxylic acids is 2. The van der Waals surface area contributed by atoms with Crippen molar-refractivity contribution in [3.63, 3.8) is 0 Å². The fourth-order valence-corrected chi connectivity index (χ4v) is 3.77. The highest BCUT2D eigenvalue weighted by Gasteiger charge is 2.26. The van der Waals surface area contributed by atoms with Crippen LogP contribution in [-0.2, 0) is 20.9 Å². The summed E-state index contributed by atoms with van der Waals surface area (Å²) in [4.78, 5) is 30.9. The average molecular weight is 421 g/mol. The standard InChI is InChI=1S/C20H28FN5O4/c21-18-15(13-30-20(28)24-19(22)23)2-1-3-16(18)25-6-4-14(5-7-25)12-17(27)26-8-10-29-11-9-26/h1-3,14H,4-13H2,(H4,22,23,24,28). The Bertz CT molecular complexity index is 785. The van der Waals surface area contributed by atoms with Crippen LogP contribution in [0.15, 0.2) is 23.2 Å². The number of carbonyl (C=O) groups is 2. The van der Waals surface area contributed by atoms with Gasteiger partial charge in [-0.3, -0.25) is 4.79 Å². The van der Waals surface area contributed by atoms with Crippen molar-refractivity contribution in [2.24, 2.45) is 22.4 Å². The molecule has 2 aliphatic heterocycles. The minimum Gasteiger partial charge on any atom is -0.443 e. The number of hydrogen-bond acceptors (Lipinski definition) is 5. The Labute approximate surface area is 174 Å². The molecule has 2 saturated heterocycles. The number of aliphatic imine (C=N–C) groups is 1. The van der Waals surface area contributed by atoms with Gasteiger partial charge in [0.15, 0.2) is 11.8 Å². The van der Waals surface area contributed by atoms with E-state index in [1.807, 2.05) is 9.80 Å². The van der Waals surface area contributed by atoms with Crippen molar-refractivity contribution in [3.05, 3.63) is 29.6 Å². The van der Waals surface area contributed by atoms with Gasteiger partial charge in [0.1, 0.15) is 6.61 Å². The van der Waals surface area contributed by atoms with Crippen molar-refractivity contribution in [3.8, 4) is 0 Å². The molecule has 10 heteroatoms. The van der Waals surface area contributed by atoms with E-state index in [4.69, 9.17) is 20.9 Å². The quantitative estimate of drug-likeness (QED) is 0.541. The highest BCUT2D eigenvalue weighted by Crippen LogP contribution is 2.29. The number of halogens is 1. The first-order valence-corrected chi connectivity index (χ1v) is 10.1. The second-order valence-electron chi connectivity index (χ2n) is 7.47. The number of benzene rings is 1. The van der Waals surface area contributed by atoms with Gasteiger partial charge in [-0.2, -0.15) is 0 Å². The Morgan fingerprint density at radius 3 is 2.53 bits per heavy atom. The number of amides is 2. The van der Waals surface area contributed by atoms with Crippen molar-refractivity contribution in [1.82, 2.24) is 4.90 Å². The van der Waals surface area contributed by atoms with Gasteiger partial charge in [-0.05, 0) is 24.8 Å². The van der Waals surface area contributed by atoms with E-state index in [2.05, 4.69) is 4.99 Å². The van der Waals surface area contributed by atoms with Gasteiger partial charge in [0, 0.05) is 38.2 Å². The third kappa shape index (κ3) is 5.82. The molecule has 0 aromatic heterocycles. The zero-order valence-corrected chi connectivity index (χ0v) is 16.9. The number of anilines is 1. The number of guanidine groups is 1. The average Bonchev–Trinajstić information content (AvgIpc) is 2.74. The zero-order valence-electron chi connectivity index (χ0n) is 16.9. The molecule has 2 amide bonds. The highest BCUT2D eigenvalue weighted by atomic mass is 19.1. The number of nitrogens with two attached hydrogens (primary N) is 2. The van der Waals surface area contributed by atoms with Crippen LogP contribution in [0.3, 0.4) is 0 Å². The van der Waals surface area contributed by atoms with Crippen LogP contribution in [0, 0.1) is 11.7 Å². The molecule has 1 aromatic rings. The van der Waals surface area contributed by atoms with Crippen molar-refractivity contribution >= 4 is 23.6 Å². The molecule has 2 heterocycles. The van der Waals surface area contributed by atoms with Crippen molar-refractivity contribution in [2.75, 3.05) is 44.3 Å². The number of ether oxygens (including phenoxy) is 2. The second kappa shape index (κ2) is 10.2. The van der Waals surface area contributed by atoms with Gasteiger partial charge in [-0.1, -0.05) is 12.1 Å². The van der Waals surface area contributed by atoms with Crippen LogP contribution in [-0.4, -0.2) is 62.3 Å². The summed E-state index contributed by atoms with van der Waals surface area (Å²) in [5.41, 5.74) is 10.9. The summed E-state index contributed by atoms with van der Waals surface area (Å²) in [6.45, 7) is 3.57. The lowest BCUT2D eigenvalue weighted by Gasteiger charge is -2.35. The lowest BCUT2D eigenvalue weighted by Crippen LogP contribution is -2.42. The number of nitrogens with zero attached hydrogens (tertiary/aromatic N) is 3. The van der Waals surface area contributed by atoms with E-state index in [1.165, 1.54) is 0 Å². The molecule has 0 spiro atoms. The number of rotatable bonds is 5. The largest absolute Gasteiger partial charge is 0.443 e. The summed E-state index contributed by atoms with van der Waals surface area (Å²) in [7, 11) is 0. The summed E-state index contributed by atoms with van der Waals surface area (Å²) in [6.07, 6.45) is 1.20. The van der Waals surface area contributed by atoms with Crippen LogP contribution < -0.4 is 16.4 Å². The summed E-state index contributed by atoms with van der Waals surface area (Å²) in [5, 5.41) is 0. The van der Waals surface area contributed by atoms with Gasteiger partial charge in [0.05, 0.1) is 18.9 Å². The lowest BCUT2D eigenvalue weighted by atomic mass is 9.92.